The molecule has 4 aliphatic rings. The number of nitrogens with zero attached hydrogens (tertiary/aromatic N) is 2. The maximum atomic E-state index is 11.8. The van der Waals surface area contributed by atoms with Gasteiger partial charge in [0.2, 0.25) is 0 Å². The Kier molecular flexibility index (Phi) is 7.59. The number of carboxylic acid groups (broad SMARTS) is 1. The lowest BCUT2D eigenvalue weighted by Gasteiger charge is -2.45. The molecule has 0 amide bonds. The number of hydrogen-bond acceptors (Lipinski definition) is 7. The molecular weight excluding hydrogens is 573 g/mol. The van der Waals surface area contributed by atoms with Crippen LogP contribution in [0.5, 0.6) is 5.75 Å². The van der Waals surface area contributed by atoms with Crippen molar-refractivity contribution in [1.29, 1.82) is 0 Å². The SMILES string of the molecule is COc1cc(C(=O)O)cc(N2CCC3(CC(OCC4C(c5c(Cl)cccc5Cl)=NOC4C4CC4)C3)C2)c1NC=S. The average Bonchev–Trinajstić information content (AvgIpc) is 3.52. The first-order valence-corrected chi connectivity index (χ1v) is 14.8. The number of thiocarbonyl (C=S) groups is 1. The van der Waals surface area contributed by atoms with Crippen LogP contribution in [0.1, 0.15) is 48.0 Å². The molecule has 11 heteroatoms. The highest BCUT2D eigenvalue weighted by molar-refractivity contribution is 7.79. The minimum Gasteiger partial charge on any atom is -0.494 e. The minimum absolute atomic E-state index is 0.0121. The van der Waals surface area contributed by atoms with E-state index in [4.69, 9.17) is 49.7 Å². The molecule has 0 aromatic heterocycles. The molecule has 0 bridgehead atoms. The van der Waals surface area contributed by atoms with E-state index >= 15 is 0 Å². The highest BCUT2D eigenvalue weighted by Gasteiger charge is 2.51. The standard InChI is InChI=1S/C29H31Cl2N3O5S/c1-37-23-10-17(28(35)36)9-22(26(23)32-15-40)34-8-7-29(14-34)11-18(12-29)38-13-19-25(33-39-27(19)16-5-6-16)24-20(30)3-2-4-21(24)31/h2-4,9-10,15-16,18-19,27H,5-8,11-14H2,1H3,(H,32,40)(H,35,36). The molecular formula is C29H31Cl2N3O5S. The zero-order valence-corrected chi connectivity index (χ0v) is 24.4. The molecule has 2 unspecified atom stereocenters. The minimum atomic E-state index is -0.999. The van der Waals surface area contributed by atoms with Crippen molar-refractivity contribution in [2.75, 3.05) is 37.0 Å². The van der Waals surface area contributed by atoms with E-state index in [0.29, 0.717) is 34.0 Å². The average molecular weight is 605 g/mol. The summed E-state index contributed by atoms with van der Waals surface area (Å²) < 4.78 is 12.0. The fourth-order valence-electron chi connectivity index (χ4n) is 6.48. The van der Waals surface area contributed by atoms with E-state index in [1.807, 2.05) is 18.2 Å². The van der Waals surface area contributed by atoms with Crippen molar-refractivity contribution in [3.05, 3.63) is 51.5 Å². The summed E-state index contributed by atoms with van der Waals surface area (Å²) in [5, 5.41) is 18.3. The fourth-order valence-corrected chi connectivity index (χ4v) is 7.19. The van der Waals surface area contributed by atoms with Gasteiger partial charge in [0, 0.05) is 18.7 Å². The predicted octanol–water partition coefficient (Wildman–Crippen LogP) is 6.27. The van der Waals surface area contributed by atoms with Crippen molar-refractivity contribution in [3.8, 4) is 5.75 Å². The first kappa shape index (κ1) is 27.6. The lowest BCUT2D eigenvalue weighted by atomic mass is 9.66. The number of aromatic carboxylic acids is 1. The fraction of sp³-hybridized carbons (Fsp3) is 0.483. The van der Waals surface area contributed by atoms with Gasteiger partial charge in [0.15, 0.2) is 0 Å². The van der Waals surface area contributed by atoms with E-state index in [0.717, 1.165) is 62.2 Å². The largest absolute Gasteiger partial charge is 0.494 e. The maximum absolute atomic E-state index is 11.8. The Hall–Kier alpha value is -2.59. The number of carbonyl (C=O) groups is 1. The monoisotopic (exact) mass is 603 g/mol. The molecule has 0 radical (unpaired) electrons. The third-order valence-corrected chi connectivity index (χ3v) is 9.44. The maximum Gasteiger partial charge on any atom is 0.335 e. The van der Waals surface area contributed by atoms with Gasteiger partial charge in [0.25, 0.3) is 0 Å². The number of oxime groups is 1. The van der Waals surface area contributed by atoms with E-state index in [1.54, 1.807) is 6.07 Å². The third-order valence-electron chi connectivity index (χ3n) is 8.69. The first-order valence-electron chi connectivity index (χ1n) is 13.5. The van der Waals surface area contributed by atoms with Crippen LogP contribution in [0.2, 0.25) is 10.0 Å². The Bertz CT molecular complexity index is 1340. The Morgan fingerprint density at radius 1 is 1.30 bits per heavy atom. The molecule has 8 nitrogen and oxygen atoms in total. The van der Waals surface area contributed by atoms with E-state index in [1.165, 1.54) is 18.7 Å². The summed E-state index contributed by atoms with van der Waals surface area (Å²) in [4.78, 5) is 19.9. The molecule has 2 saturated carbocycles. The summed E-state index contributed by atoms with van der Waals surface area (Å²) in [6.45, 7) is 2.13. The van der Waals surface area contributed by atoms with E-state index in [9.17, 15) is 9.90 Å². The van der Waals surface area contributed by atoms with Crippen LogP contribution in [-0.4, -0.2) is 61.3 Å². The van der Waals surface area contributed by atoms with Crippen LogP contribution in [-0.2, 0) is 9.57 Å². The molecule has 1 spiro atoms. The molecule has 212 valence electrons. The van der Waals surface area contributed by atoms with Gasteiger partial charge in [0.05, 0.1) is 58.2 Å². The number of benzene rings is 2. The molecule has 3 fully saturated rings. The van der Waals surface area contributed by atoms with Gasteiger partial charge < -0.3 is 29.6 Å². The number of hydrogen-bond donors (Lipinski definition) is 2. The van der Waals surface area contributed by atoms with E-state index in [-0.39, 0.29) is 29.1 Å². The molecule has 1 saturated heterocycles. The molecule has 40 heavy (non-hydrogen) atoms. The van der Waals surface area contributed by atoms with Crippen LogP contribution >= 0.6 is 35.4 Å². The van der Waals surface area contributed by atoms with Crippen molar-refractivity contribution in [1.82, 2.24) is 0 Å². The number of ether oxygens (including phenoxy) is 2. The van der Waals surface area contributed by atoms with E-state index in [2.05, 4.69) is 15.4 Å². The lowest BCUT2D eigenvalue weighted by Crippen LogP contribution is -2.45. The van der Waals surface area contributed by atoms with Gasteiger partial charge in [-0.25, -0.2) is 4.79 Å². The van der Waals surface area contributed by atoms with Crippen molar-refractivity contribution in [3.63, 3.8) is 0 Å². The van der Waals surface area contributed by atoms with Gasteiger partial charge in [-0.3, -0.25) is 0 Å². The van der Waals surface area contributed by atoms with Gasteiger partial charge >= 0.3 is 5.97 Å². The number of nitrogens with one attached hydrogen (secondary N) is 1. The van der Waals surface area contributed by atoms with Crippen LogP contribution in [0.25, 0.3) is 0 Å². The molecule has 2 aromatic rings. The number of carboxylic acids is 1. The Labute approximate surface area is 248 Å². The predicted molar refractivity (Wildman–Crippen MR) is 160 cm³/mol. The molecule has 2 aliphatic heterocycles. The second-order valence-corrected chi connectivity index (χ2v) is 12.3. The summed E-state index contributed by atoms with van der Waals surface area (Å²) >= 11 is 18.1. The molecule has 2 aromatic carbocycles. The zero-order valence-electron chi connectivity index (χ0n) is 22.1. The zero-order chi connectivity index (χ0) is 28.0. The summed E-state index contributed by atoms with van der Waals surface area (Å²) in [6, 6.07) is 8.68. The molecule has 2 aliphatic carbocycles. The highest BCUT2D eigenvalue weighted by atomic mass is 35.5. The highest BCUT2D eigenvalue weighted by Crippen LogP contribution is 2.52. The molecule has 6 rings (SSSR count). The number of methoxy groups -OCH3 is 1. The first-order chi connectivity index (χ1) is 19.3. The molecule has 2 atom stereocenters. The van der Waals surface area contributed by atoms with Gasteiger partial charge in [-0.15, -0.1) is 0 Å². The van der Waals surface area contributed by atoms with Gasteiger partial charge in [-0.2, -0.15) is 0 Å². The molecule has 2 heterocycles. The van der Waals surface area contributed by atoms with Gasteiger partial charge in [0.1, 0.15) is 17.5 Å². The van der Waals surface area contributed by atoms with Crippen LogP contribution in [0, 0.1) is 17.3 Å². The normalized spacial score (nSPS) is 27.2. The summed E-state index contributed by atoms with van der Waals surface area (Å²) in [7, 11) is 1.53. The summed E-state index contributed by atoms with van der Waals surface area (Å²) in [5.74, 6) is -0.0790. The van der Waals surface area contributed by atoms with E-state index < -0.39 is 5.97 Å². The number of halogens is 2. The van der Waals surface area contributed by atoms with Crippen molar-refractivity contribution < 1.29 is 24.2 Å². The molecule has 2 N–H and O–H groups in total. The van der Waals surface area contributed by atoms with Crippen molar-refractivity contribution >= 4 is 64.0 Å². The van der Waals surface area contributed by atoms with Crippen molar-refractivity contribution in [2.24, 2.45) is 22.4 Å². The Morgan fingerprint density at radius 2 is 2.05 bits per heavy atom. The van der Waals surface area contributed by atoms with Gasteiger partial charge in [-0.05, 0) is 67.7 Å². The lowest BCUT2D eigenvalue weighted by molar-refractivity contribution is -0.0877. The van der Waals surface area contributed by atoms with Gasteiger partial charge in [-0.1, -0.05) is 46.6 Å². The number of anilines is 2. The van der Waals surface area contributed by atoms with Crippen LogP contribution in [0.4, 0.5) is 11.4 Å². The second-order valence-electron chi connectivity index (χ2n) is 11.3. The van der Waals surface area contributed by atoms with Crippen LogP contribution in [0.3, 0.4) is 0 Å². The Balaban J connectivity index is 1.13. The quantitative estimate of drug-likeness (QED) is 0.307. The van der Waals surface area contributed by atoms with Crippen LogP contribution in [0.15, 0.2) is 35.5 Å². The smallest absolute Gasteiger partial charge is 0.335 e. The topological polar surface area (TPSA) is 92.6 Å². The number of rotatable bonds is 10. The van der Waals surface area contributed by atoms with Crippen molar-refractivity contribution in [2.45, 2.75) is 44.3 Å². The summed E-state index contributed by atoms with van der Waals surface area (Å²) in [6.07, 6.45) is 5.28. The van der Waals surface area contributed by atoms with Crippen LogP contribution < -0.4 is 15.0 Å². The third kappa shape index (κ3) is 5.13. The summed E-state index contributed by atoms with van der Waals surface area (Å²) in [5.41, 5.74) is 4.69. The Morgan fingerprint density at radius 3 is 2.70 bits per heavy atom. The second kappa shape index (κ2) is 11.0.